The van der Waals surface area contributed by atoms with E-state index >= 15 is 0 Å². The van der Waals surface area contributed by atoms with Gasteiger partial charge >= 0.3 is 0 Å². The fourth-order valence-electron chi connectivity index (χ4n) is 6.13. The van der Waals surface area contributed by atoms with E-state index in [4.69, 9.17) is 4.98 Å². The molecule has 3 nitrogen and oxygen atoms in total. The second kappa shape index (κ2) is 5.62. The Morgan fingerprint density at radius 3 is 2.68 bits per heavy atom. The average Bonchev–Trinajstić information content (AvgIpc) is 2.97. The zero-order valence-corrected chi connectivity index (χ0v) is 15.5. The number of carbonyl (C=O) groups excluding carboxylic acids is 1. The molecule has 4 aliphatic rings. The number of thiazole rings is 1. The van der Waals surface area contributed by atoms with Crippen molar-refractivity contribution < 1.29 is 9.90 Å². The Kier molecular flexibility index (Phi) is 3.58. The Morgan fingerprint density at radius 1 is 1.28 bits per heavy atom. The molecular weight excluding hydrogens is 330 g/mol. The summed E-state index contributed by atoms with van der Waals surface area (Å²) < 4.78 is 1.20. The van der Waals surface area contributed by atoms with Crippen molar-refractivity contribution in [2.24, 2.45) is 23.7 Å². The van der Waals surface area contributed by atoms with Gasteiger partial charge in [0, 0.05) is 18.3 Å². The lowest BCUT2D eigenvalue weighted by atomic mass is 9.49. The quantitative estimate of drug-likeness (QED) is 0.875. The summed E-state index contributed by atoms with van der Waals surface area (Å²) in [6.45, 7) is 2.14. The molecule has 1 aromatic carbocycles. The van der Waals surface area contributed by atoms with Gasteiger partial charge in [0.2, 0.25) is 0 Å². The maximum atomic E-state index is 13.1. The van der Waals surface area contributed by atoms with Crippen LogP contribution in [0.25, 0.3) is 10.2 Å². The lowest BCUT2D eigenvalue weighted by Gasteiger charge is -2.57. The van der Waals surface area contributed by atoms with Crippen LogP contribution in [0.4, 0.5) is 0 Å². The molecule has 2 aromatic rings. The molecular formula is C21H25NO2S. The fraction of sp³-hybridized carbons (Fsp3) is 0.619. The number of fused-ring (bicyclic) bond motifs is 1. The fourth-order valence-corrected chi connectivity index (χ4v) is 7.15. The average molecular weight is 356 g/mol. The van der Waals surface area contributed by atoms with Gasteiger partial charge in [0.1, 0.15) is 5.78 Å². The van der Waals surface area contributed by atoms with Crippen molar-refractivity contribution in [2.45, 2.75) is 57.0 Å². The minimum Gasteiger partial charge on any atom is -0.390 e. The molecule has 3 atom stereocenters. The number of benzene rings is 1. The molecule has 4 fully saturated rings. The molecule has 25 heavy (non-hydrogen) atoms. The van der Waals surface area contributed by atoms with Gasteiger partial charge in [0.05, 0.1) is 20.8 Å². The van der Waals surface area contributed by atoms with E-state index in [0.29, 0.717) is 30.0 Å². The van der Waals surface area contributed by atoms with Gasteiger partial charge in [0.25, 0.3) is 0 Å². The molecule has 0 spiro atoms. The number of aromatic nitrogens is 1. The van der Waals surface area contributed by atoms with E-state index in [-0.39, 0.29) is 11.8 Å². The van der Waals surface area contributed by atoms with Gasteiger partial charge in [-0.2, -0.15) is 0 Å². The SMILES string of the molecule is CC(CC(=O)C1C2CC3CC1CC(O)(C3)C2)c1nc2ccccc2s1. The third-order valence-corrected chi connectivity index (χ3v) is 8.12. The lowest BCUT2D eigenvalue weighted by molar-refractivity contribution is -0.164. The zero-order chi connectivity index (χ0) is 17.2. The number of nitrogens with zero attached hydrogens (tertiary/aromatic N) is 1. The van der Waals surface area contributed by atoms with Crippen molar-refractivity contribution >= 4 is 27.3 Å². The number of aliphatic hydroxyl groups is 1. The summed E-state index contributed by atoms with van der Waals surface area (Å²) in [4.78, 5) is 17.9. The van der Waals surface area contributed by atoms with Gasteiger partial charge in [-0.3, -0.25) is 4.79 Å². The van der Waals surface area contributed by atoms with Gasteiger partial charge in [0.15, 0.2) is 0 Å². The molecule has 1 N–H and O–H groups in total. The molecule has 3 unspecified atom stereocenters. The molecule has 0 aliphatic heterocycles. The molecule has 0 radical (unpaired) electrons. The van der Waals surface area contributed by atoms with E-state index in [1.54, 1.807) is 11.3 Å². The summed E-state index contributed by atoms with van der Waals surface area (Å²) >= 11 is 1.72. The molecule has 132 valence electrons. The highest BCUT2D eigenvalue weighted by Gasteiger charge is 2.56. The Hall–Kier alpha value is -1.26. The number of carbonyl (C=O) groups is 1. The highest BCUT2D eigenvalue weighted by atomic mass is 32.1. The Balaban J connectivity index is 1.33. The molecule has 4 bridgehead atoms. The van der Waals surface area contributed by atoms with Crippen molar-refractivity contribution in [1.82, 2.24) is 4.98 Å². The van der Waals surface area contributed by atoms with Crippen molar-refractivity contribution in [3.05, 3.63) is 29.3 Å². The first-order valence-corrected chi connectivity index (χ1v) is 10.4. The first kappa shape index (κ1) is 16.0. The van der Waals surface area contributed by atoms with Crippen molar-refractivity contribution in [3.8, 4) is 0 Å². The number of ketones is 1. The van der Waals surface area contributed by atoms with Gasteiger partial charge in [-0.25, -0.2) is 4.98 Å². The minimum absolute atomic E-state index is 0.185. The molecule has 4 saturated carbocycles. The topological polar surface area (TPSA) is 50.2 Å². The highest BCUT2D eigenvalue weighted by molar-refractivity contribution is 7.18. The van der Waals surface area contributed by atoms with E-state index in [1.807, 2.05) is 18.2 Å². The Morgan fingerprint density at radius 2 is 2.00 bits per heavy atom. The largest absolute Gasteiger partial charge is 0.390 e. The standard InChI is InChI=1S/C21H25NO2S/c1-12(20-22-16-4-2-3-5-18(16)25-20)6-17(23)19-14-7-13-8-15(19)11-21(24,9-13)10-14/h2-5,12-15,19,24H,6-11H2,1H3. The first-order valence-electron chi connectivity index (χ1n) is 9.61. The van der Waals surface area contributed by atoms with Gasteiger partial charge in [-0.05, 0) is 62.0 Å². The van der Waals surface area contributed by atoms with Crippen LogP contribution in [0.5, 0.6) is 0 Å². The first-order chi connectivity index (χ1) is 12.0. The normalized spacial score (nSPS) is 37.5. The third kappa shape index (κ3) is 2.65. The second-order valence-electron chi connectivity index (χ2n) is 8.81. The van der Waals surface area contributed by atoms with Gasteiger partial charge in [-0.15, -0.1) is 11.3 Å². The summed E-state index contributed by atoms with van der Waals surface area (Å²) in [6.07, 6.45) is 5.59. The van der Waals surface area contributed by atoms with Crippen LogP contribution >= 0.6 is 11.3 Å². The lowest BCUT2D eigenvalue weighted by Crippen LogP contribution is -2.56. The Bertz CT molecular complexity index is 779. The summed E-state index contributed by atoms with van der Waals surface area (Å²) in [7, 11) is 0. The zero-order valence-electron chi connectivity index (χ0n) is 14.6. The molecule has 0 saturated heterocycles. The number of Topliss-reactive ketones (excluding diaryl/α,β-unsaturated/α-hetero) is 1. The maximum absolute atomic E-state index is 13.1. The van der Waals surface area contributed by atoms with Crippen molar-refractivity contribution in [3.63, 3.8) is 0 Å². The van der Waals surface area contributed by atoms with Crippen LogP contribution in [-0.2, 0) is 4.79 Å². The molecule has 4 aliphatic carbocycles. The van der Waals surface area contributed by atoms with Crippen LogP contribution in [-0.4, -0.2) is 21.5 Å². The maximum Gasteiger partial charge on any atom is 0.137 e. The summed E-state index contributed by atoms with van der Waals surface area (Å²) in [6, 6.07) is 8.20. The summed E-state index contributed by atoms with van der Waals surface area (Å²) in [5.41, 5.74) is 0.588. The number of hydrogen-bond acceptors (Lipinski definition) is 4. The Labute approximate surface area is 152 Å². The van der Waals surface area contributed by atoms with Crippen LogP contribution in [0.3, 0.4) is 0 Å². The van der Waals surface area contributed by atoms with Crippen LogP contribution < -0.4 is 0 Å². The van der Waals surface area contributed by atoms with Crippen LogP contribution in [0, 0.1) is 23.7 Å². The van der Waals surface area contributed by atoms with E-state index in [0.717, 1.165) is 42.6 Å². The number of hydrogen-bond donors (Lipinski definition) is 1. The van der Waals surface area contributed by atoms with Gasteiger partial charge in [-0.1, -0.05) is 19.1 Å². The highest BCUT2D eigenvalue weighted by Crippen LogP contribution is 2.58. The van der Waals surface area contributed by atoms with E-state index in [9.17, 15) is 9.90 Å². The third-order valence-electron chi connectivity index (χ3n) is 6.85. The van der Waals surface area contributed by atoms with E-state index < -0.39 is 5.60 Å². The van der Waals surface area contributed by atoms with Gasteiger partial charge < -0.3 is 5.11 Å². The molecule has 4 heteroatoms. The minimum atomic E-state index is -0.452. The predicted octanol–water partition coefficient (Wildman–Crippen LogP) is 4.55. The molecule has 0 amide bonds. The molecule has 1 heterocycles. The smallest absolute Gasteiger partial charge is 0.137 e. The van der Waals surface area contributed by atoms with Crippen molar-refractivity contribution in [1.29, 1.82) is 0 Å². The van der Waals surface area contributed by atoms with Crippen LogP contribution in [0.15, 0.2) is 24.3 Å². The van der Waals surface area contributed by atoms with E-state index in [1.165, 1.54) is 4.70 Å². The monoisotopic (exact) mass is 355 g/mol. The molecule has 1 aromatic heterocycles. The second-order valence-corrected chi connectivity index (χ2v) is 9.87. The molecule has 6 rings (SSSR count). The number of para-hydroxylation sites is 1. The van der Waals surface area contributed by atoms with E-state index in [2.05, 4.69) is 13.0 Å². The predicted molar refractivity (Wildman–Crippen MR) is 99.7 cm³/mol. The van der Waals surface area contributed by atoms with Crippen LogP contribution in [0.2, 0.25) is 0 Å². The van der Waals surface area contributed by atoms with Crippen LogP contribution in [0.1, 0.15) is 56.4 Å². The summed E-state index contributed by atoms with van der Waals surface area (Å²) in [5.74, 6) is 2.30. The van der Waals surface area contributed by atoms with Crippen molar-refractivity contribution in [2.75, 3.05) is 0 Å². The summed E-state index contributed by atoms with van der Waals surface area (Å²) in [5, 5.41) is 11.8. The number of rotatable bonds is 4.